The number of methoxy groups -OCH3 is 2. The van der Waals surface area contributed by atoms with E-state index in [1.807, 2.05) is 31.2 Å². The molecule has 0 bridgehead atoms. The van der Waals surface area contributed by atoms with E-state index in [9.17, 15) is 9.59 Å². The lowest BCUT2D eigenvalue weighted by molar-refractivity contribution is -0.140. The van der Waals surface area contributed by atoms with Crippen LogP contribution in [0.5, 0.6) is 5.75 Å². The van der Waals surface area contributed by atoms with Crippen LogP contribution in [0.2, 0.25) is 0 Å². The Labute approximate surface area is 284 Å². The number of allylic oxidation sites excluding steroid dienone is 2. The van der Waals surface area contributed by atoms with Crippen molar-refractivity contribution in [1.29, 1.82) is 0 Å². The normalized spacial score (nSPS) is 17.9. The minimum absolute atomic E-state index is 0.0540. The van der Waals surface area contributed by atoms with Crippen molar-refractivity contribution >= 4 is 11.9 Å². The maximum absolute atomic E-state index is 13.5. The molecule has 8 heteroatoms. The number of piperidine rings is 1. The van der Waals surface area contributed by atoms with Gasteiger partial charge in [-0.3, -0.25) is 0 Å². The molecule has 3 aromatic rings. The van der Waals surface area contributed by atoms with Crippen LogP contribution in [0, 0.1) is 0 Å². The Balaban J connectivity index is 1.08. The molecule has 1 unspecified atom stereocenters. The van der Waals surface area contributed by atoms with Crippen molar-refractivity contribution < 1.29 is 28.5 Å². The molecular weight excluding hydrogens is 604 g/mol. The number of dihydropyridines is 1. The summed E-state index contributed by atoms with van der Waals surface area (Å²) in [6, 6.07) is 29.2. The molecule has 0 spiro atoms. The van der Waals surface area contributed by atoms with Crippen molar-refractivity contribution in [2.45, 2.75) is 50.9 Å². The maximum atomic E-state index is 13.5. The van der Waals surface area contributed by atoms with Gasteiger partial charge in [0.05, 0.1) is 37.9 Å². The van der Waals surface area contributed by atoms with Crippen molar-refractivity contribution in [3.63, 3.8) is 0 Å². The highest BCUT2D eigenvalue weighted by atomic mass is 16.5. The number of nitrogens with zero attached hydrogens (tertiary/aromatic N) is 1. The highest BCUT2D eigenvalue weighted by molar-refractivity contribution is 6.00. The zero-order chi connectivity index (χ0) is 33.9. The van der Waals surface area contributed by atoms with E-state index in [0.29, 0.717) is 53.5 Å². The maximum Gasteiger partial charge on any atom is 0.336 e. The summed E-state index contributed by atoms with van der Waals surface area (Å²) in [5.41, 5.74) is 5.50. The number of carbonyl (C=O) groups excluding carboxylic acids is 2. The molecule has 8 nitrogen and oxygen atoms in total. The fraction of sp³-hybridized carbons (Fsp3) is 0.400. The summed E-state index contributed by atoms with van der Waals surface area (Å²) in [5.74, 6) is -1.13. The number of ether oxygens (including phenoxy) is 4. The first-order valence-electron chi connectivity index (χ1n) is 16.9. The SMILES string of the molecule is COC(=O)C1=C(C)NC(C)=C(C(=O)OCCCOCCCN2CCC(c3ccccc3)(c3ccccc3)CC2)C1c1ccccc1OC. The quantitative estimate of drug-likeness (QED) is 0.156. The summed E-state index contributed by atoms with van der Waals surface area (Å²) < 4.78 is 22.4. The van der Waals surface area contributed by atoms with Gasteiger partial charge in [0.1, 0.15) is 5.75 Å². The molecule has 1 atom stereocenters. The van der Waals surface area contributed by atoms with Crippen molar-refractivity contribution in [2.24, 2.45) is 0 Å². The Morgan fingerprint density at radius 3 is 1.92 bits per heavy atom. The minimum Gasteiger partial charge on any atom is -0.496 e. The number of likely N-dealkylation sites (tertiary alicyclic amines) is 1. The van der Waals surface area contributed by atoms with E-state index < -0.39 is 17.9 Å². The van der Waals surface area contributed by atoms with Crippen molar-refractivity contribution in [1.82, 2.24) is 10.2 Å². The Hall–Kier alpha value is -4.40. The van der Waals surface area contributed by atoms with Gasteiger partial charge >= 0.3 is 11.9 Å². The number of benzene rings is 3. The first kappa shape index (κ1) is 34.9. The summed E-state index contributed by atoms with van der Waals surface area (Å²) in [7, 11) is 2.90. The number of rotatable bonds is 14. The topological polar surface area (TPSA) is 86.3 Å². The molecule has 0 aromatic heterocycles. The molecule has 0 amide bonds. The van der Waals surface area contributed by atoms with Crippen LogP contribution in [0.1, 0.15) is 62.1 Å². The zero-order valence-corrected chi connectivity index (χ0v) is 28.6. The van der Waals surface area contributed by atoms with Crippen LogP contribution in [-0.4, -0.2) is 70.5 Å². The van der Waals surface area contributed by atoms with Crippen LogP contribution in [0.15, 0.2) is 107 Å². The summed E-state index contributed by atoms with van der Waals surface area (Å²) in [6.45, 7) is 8.06. The smallest absolute Gasteiger partial charge is 0.336 e. The average Bonchev–Trinajstić information content (AvgIpc) is 3.13. The average molecular weight is 653 g/mol. The molecule has 3 aromatic carbocycles. The number of carbonyl (C=O) groups is 2. The molecule has 1 saturated heterocycles. The lowest BCUT2D eigenvalue weighted by Crippen LogP contribution is -2.43. The standard InChI is InChI=1S/C40H48N2O6/c1-29-35(38(43)46-4)37(33-19-11-12-20-34(33)45-3)36(30(2)41-29)39(44)48-28-14-27-47-26-13-23-42-24-21-40(22-25-42,31-15-7-5-8-16-31)32-17-9-6-10-18-32/h5-12,15-20,37,41H,13-14,21-28H2,1-4H3. The van der Waals surface area contributed by atoms with E-state index in [0.717, 1.165) is 38.9 Å². The van der Waals surface area contributed by atoms with Gasteiger partial charge in [-0.05, 0) is 63.4 Å². The summed E-state index contributed by atoms with van der Waals surface area (Å²) in [6.07, 6.45) is 3.70. The molecule has 0 aliphatic carbocycles. The first-order chi connectivity index (χ1) is 23.4. The third kappa shape index (κ3) is 7.83. The van der Waals surface area contributed by atoms with Crippen molar-refractivity contribution in [3.8, 4) is 5.75 Å². The summed E-state index contributed by atoms with van der Waals surface area (Å²) in [4.78, 5) is 29.0. The van der Waals surface area contributed by atoms with E-state index >= 15 is 0 Å². The van der Waals surface area contributed by atoms with Gasteiger partial charge < -0.3 is 29.2 Å². The second kappa shape index (κ2) is 16.6. The van der Waals surface area contributed by atoms with Gasteiger partial charge in [0, 0.05) is 48.6 Å². The predicted molar refractivity (Wildman–Crippen MR) is 187 cm³/mol. The van der Waals surface area contributed by atoms with Crippen LogP contribution in [0.25, 0.3) is 0 Å². The fourth-order valence-electron chi connectivity index (χ4n) is 7.17. The summed E-state index contributed by atoms with van der Waals surface area (Å²) >= 11 is 0. The molecule has 48 heavy (non-hydrogen) atoms. The molecule has 254 valence electrons. The van der Waals surface area contributed by atoms with Gasteiger partial charge in [0.25, 0.3) is 0 Å². The van der Waals surface area contributed by atoms with Crippen molar-refractivity contribution in [3.05, 3.63) is 124 Å². The largest absolute Gasteiger partial charge is 0.496 e. The Morgan fingerprint density at radius 2 is 1.31 bits per heavy atom. The molecule has 5 rings (SSSR count). The highest BCUT2D eigenvalue weighted by Crippen LogP contribution is 2.43. The van der Waals surface area contributed by atoms with Gasteiger partial charge in [-0.25, -0.2) is 9.59 Å². The minimum atomic E-state index is -0.695. The van der Waals surface area contributed by atoms with E-state index in [-0.39, 0.29) is 12.0 Å². The molecule has 0 radical (unpaired) electrons. The molecule has 2 heterocycles. The Morgan fingerprint density at radius 1 is 0.750 bits per heavy atom. The third-order valence-electron chi connectivity index (χ3n) is 9.63. The number of hydrogen-bond acceptors (Lipinski definition) is 8. The number of esters is 2. The molecule has 1 fully saturated rings. The van der Waals surface area contributed by atoms with Crippen LogP contribution in [0.3, 0.4) is 0 Å². The van der Waals surface area contributed by atoms with E-state index in [1.54, 1.807) is 14.0 Å². The molecule has 2 aliphatic rings. The zero-order valence-electron chi connectivity index (χ0n) is 28.6. The lowest BCUT2D eigenvalue weighted by Gasteiger charge is -2.43. The van der Waals surface area contributed by atoms with Crippen LogP contribution in [-0.2, 0) is 29.2 Å². The second-order valence-corrected chi connectivity index (χ2v) is 12.5. The van der Waals surface area contributed by atoms with Crippen LogP contribution >= 0.6 is 0 Å². The first-order valence-corrected chi connectivity index (χ1v) is 16.9. The highest BCUT2D eigenvalue weighted by Gasteiger charge is 2.39. The second-order valence-electron chi connectivity index (χ2n) is 12.5. The monoisotopic (exact) mass is 652 g/mol. The van der Waals surface area contributed by atoms with E-state index in [2.05, 4.69) is 70.9 Å². The van der Waals surface area contributed by atoms with Gasteiger partial charge in [-0.15, -0.1) is 0 Å². The molecule has 2 aliphatic heterocycles. The molecule has 0 saturated carbocycles. The number of para-hydroxylation sites is 1. The Bertz CT molecular complexity index is 1550. The fourth-order valence-corrected chi connectivity index (χ4v) is 7.17. The van der Waals surface area contributed by atoms with Gasteiger partial charge in [-0.1, -0.05) is 78.9 Å². The molecule has 1 N–H and O–H groups in total. The third-order valence-corrected chi connectivity index (χ3v) is 9.63. The number of nitrogens with one attached hydrogen (secondary N) is 1. The van der Waals surface area contributed by atoms with Crippen LogP contribution < -0.4 is 10.1 Å². The summed E-state index contributed by atoms with van der Waals surface area (Å²) in [5, 5.41) is 3.17. The van der Waals surface area contributed by atoms with Crippen LogP contribution in [0.4, 0.5) is 0 Å². The van der Waals surface area contributed by atoms with Gasteiger partial charge in [-0.2, -0.15) is 0 Å². The number of hydrogen-bond donors (Lipinski definition) is 1. The van der Waals surface area contributed by atoms with E-state index in [1.165, 1.54) is 18.2 Å². The Kier molecular flexibility index (Phi) is 12.1. The van der Waals surface area contributed by atoms with Crippen molar-refractivity contribution in [2.75, 3.05) is 53.7 Å². The van der Waals surface area contributed by atoms with Gasteiger partial charge in [0.2, 0.25) is 0 Å². The predicted octanol–water partition coefficient (Wildman–Crippen LogP) is 6.53. The molecular formula is C40H48N2O6. The lowest BCUT2D eigenvalue weighted by atomic mass is 9.68. The van der Waals surface area contributed by atoms with E-state index in [4.69, 9.17) is 18.9 Å². The van der Waals surface area contributed by atoms with Gasteiger partial charge in [0.15, 0.2) is 0 Å².